The van der Waals surface area contributed by atoms with Crippen molar-refractivity contribution in [1.29, 1.82) is 0 Å². The van der Waals surface area contributed by atoms with Gasteiger partial charge in [0.1, 0.15) is 0 Å². The molecule has 1 aromatic carbocycles. The Labute approximate surface area is 227 Å². The number of benzene rings is 1. The number of allylic oxidation sites excluding steroid dienone is 21. The van der Waals surface area contributed by atoms with Gasteiger partial charge in [0.15, 0.2) is 0 Å². The molecule has 0 aliphatic rings. The van der Waals surface area contributed by atoms with E-state index in [0.717, 1.165) is 22.4 Å². The fourth-order valence-corrected chi connectivity index (χ4v) is 3.28. The standard InChI is InChI=1S/C36H45N/c1-9-30(7)20-21-31(10-2)22-23-32(11-3)24-25-33(12-4)26-27-34(13-5)28-29-35(14-6)37(8)36-18-16-15-17-19-36/h9-29H,1-8H3/b21-20-,23-22?,25-24-,27-26?,29-28-,30-9-,31-10+,32-11-,33-12+,34-13-,35-14+. The van der Waals surface area contributed by atoms with Crippen molar-refractivity contribution in [3.8, 4) is 0 Å². The van der Waals surface area contributed by atoms with Gasteiger partial charge in [-0.25, -0.2) is 0 Å². The van der Waals surface area contributed by atoms with Crippen LogP contribution >= 0.6 is 0 Å². The van der Waals surface area contributed by atoms with Crippen molar-refractivity contribution in [2.24, 2.45) is 0 Å². The second-order valence-corrected chi connectivity index (χ2v) is 8.46. The lowest BCUT2D eigenvalue weighted by Gasteiger charge is -2.20. The van der Waals surface area contributed by atoms with Gasteiger partial charge in [-0.1, -0.05) is 115 Å². The van der Waals surface area contributed by atoms with E-state index >= 15 is 0 Å². The minimum absolute atomic E-state index is 1.14. The van der Waals surface area contributed by atoms with E-state index in [4.69, 9.17) is 0 Å². The molecule has 0 radical (unpaired) electrons. The summed E-state index contributed by atoms with van der Waals surface area (Å²) in [6.45, 7) is 14.5. The molecular weight excluding hydrogens is 446 g/mol. The summed E-state index contributed by atoms with van der Waals surface area (Å²) in [4.78, 5) is 2.19. The second kappa shape index (κ2) is 18.4. The Hall–Kier alpha value is -3.84. The van der Waals surface area contributed by atoms with E-state index in [2.05, 4.69) is 182 Å². The van der Waals surface area contributed by atoms with Crippen LogP contribution in [0.3, 0.4) is 0 Å². The molecule has 0 aliphatic heterocycles. The maximum absolute atomic E-state index is 2.19. The van der Waals surface area contributed by atoms with E-state index in [9.17, 15) is 0 Å². The van der Waals surface area contributed by atoms with Crippen LogP contribution in [0.1, 0.15) is 48.5 Å². The third kappa shape index (κ3) is 12.1. The van der Waals surface area contributed by atoms with Gasteiger partial charge in [0.2, 0.25) is 0 Å². The van der Waals surface area contributed by atoms with Crippen molar-refractivity contribution in [2.45, 2.75) is 48.5 Å². The molecule has 0 amide bonds. The molecule has 0 aromatic heterocycles. The third-order valence-electron chi connectivity index (χ3n) is 6.01. The van der Waals surface area contributed by atoms with Gasteiger partial charge in [-0.05, 0) is 89.0 Å². The normalized spacial score (nSPS) is 15.5. The predicted octanol–water partition coefficient (Wildman–Crippen LogP) is 10.6. The largest absolute Gasteiger partial charge is 0.345 e. The van der Waals surface area contributed by atoms with Gasteiger partial charge in [0.05, 0.1) is 0 Å². The highest BCUT2D eigenvalue weighted by Crippen LogP contribution is 2.18. The Bertz CT molecular complexity index is 1170. The number of nitrogens with zero attached hydrogens (tertiary/aromatic N) is 1. The van der Waals surface area contributed by atoms with Crippen LogP contribution in [0.4, 0.5) is 5.69 Å². The first-order valence-electron chi connectivity index (χ1n) is 13.1. The smallest absolute Gasteiger partial charge is 0.0407 e. The van der Waals surface area contributed by atoms with E-state index in [0.29, 0.717) is 0 Å². The van der Waals surface area contributed by atoms with Gasteiger partial charge in [-0.3, -0.25) is 0 Å². The first kappa shape index (κ1) is 31.2. The Balaban J connectivity index is 2.92. The van der Waals surface area contributed by atoms with Crippen molar-refractivity contribution in [3.05, 3.63) is 161 Å². The topological polar surface area (TPSA) is 3.24 Å². The Kier molecular flexibility index (Phi) is 15.5. The van der Waals surface area contributed by atoms with Gasteiger partial charge in [-0.15, -0.1) is 0 Å². The number of hydrogen-bond donors (Lipinski definition) is 0. The molecule has 1 rings (SSSR count). The van der Waals surface area contributed by atoms with Crippen LogP contribution in [-0.4, -0.2) is 7.05 Å². The van der Waals surface area contributed by atoms with Crippen molar-refractivity contribution in [3.63, 3.8) is 0 Å². The molecule has 194 valence electrons. The van der Waals surface area contributed by atoms with Crippen LogP contribution < -0.4 is 4.90 Å². The second-order valence-electron chi connectivity index (χ2n) is 8.46. The Morgan fingerprint density at radius 2 is 0.865 bits per heavy atom. The lowest BCUT2D eigenvalue weighted by atomic mass is 10.1. The molecule has 0 heterocycles. The number of likely N-dealkylation sites (N-methyl/N-ethyl adjacent to an activating group) is 1. The minimum Gasteiger partial charge on any atom is -0.345 e. The summed E-state index contributed by atoms with van der Waals surface area (Å²) in [5.74, 6) is 0. The van der Waals surface area contributed by atoms with E-state index in [1.165, 1.54) is 16.8 Å². The van der Waals surface area contributed by atoms with Crippen LogP contribution in [-0.2, 0) is 0 Å². The van der Waals surface area contributed by atoms with E-state index in [1.807, 2.05) is 6.07 Å². The van der Waals surface area contributed by atoms with E-state index < -0.39 is 0 Å². The highest BCUT2D eigenvalue weighted by atomic mass is 15.1. The lowest BCUT2D eigenvalue weighted by molar-refractivity contribution is 1.13. The van der Waals surface area contributed by atoms with Crippen molar-refractivity contribution < 1.29 is 0 Å². The van der Waals surface area contributed by atoms with Crippen molar-refractivity contribution in [2.75, 3.05) is 11.9 Å². The summed E-state index contributed by atoms with van der Waals surface area (Å²) in [5, 5.41) is 0. The maximum Gasteiger partial charge on any atom is 0.0407 e. The SMILES string of the molecule is C\C=C(C)/C=C\C(C=CC(/C=C\C(C=CC(/C=C\C(=C/C)N(C)c1ccccc1)=C/C)=C/C)=C/C)=C/C. The van der Waals surface area contributed by atoms with Crippen LogP contribution in [0.2, 0.25) is 0 Å². The van der Waals surface area contributed by atoms with E-state index in [1.54, 1.807) is 0 Å². The van der Waals surface area contributed by atoms with Crippen LogP contribution in [0.5, 0.6) is 0 Å². The van der Waals surface area contributed by atoms with Gasteiger partial charge in [0, 0.05) is 18.4 Å². The summed E-state index contributed by atoms with van der Waals surface area (Å²) in [5.41, 5.74) is 8.22. The first-order valence-corrected chi connectivity index (χ1v) is 13.1. The van der Waals surface area contributed by atoms with Gasteiger partial charge in [0.25, 0.3) is 0 Å². The maximum atomic E-state index is 2.19. The molecule has 0 unspecified atom stereocenters. The van der Waals surface area contributed by atoms with Crippen LogP contribution in [0, 0.1) is 0 Å². The zero-order valence-corrected chi connectivity index (χ0v) is 24.1. The Morgan fingerprint density at radius 1 is 0.486 bits per heavy atom. The lowest BCUT2D eigenvalue weighted by Crippen LogP contribution is -2.14. The molecule has 0 spiro atoms. The Morgan fingerprint density at radius 3 is 1.22 bits per heavy atom. The summed E-state index contributed by atoms with van der Waals surface area (Å²) >= 11 is 0. The predicted molar refractivity (Wildman–Crippen MR) is 169 cm³/mol. The number of rotatable bonds is 12. The number of para-hydroxylation sites is 1. The molecule has 0 fully saturated rings. The zero-order valence-electron chi connectivity index (χ0n) is 24.1. The third-order valence-corrected chi connectivity index (χ3v) is 6.01. The molecule has 0 saturated heterocycles. The van der Waals surface area contributed by atoms with Crippen molar-refractivity contribution in [1.82, 2.24) is 0 Å². The van der Waals surface area contributed by atoms with Gasteiger partial charge in [-0.2, -0.15) is 0 Å². The summed E-state index contributed by atoms with van der Waals surface area (Å²) in [6, 6.07) is 10.4. The monoisotopic (exact) mass is 491 g/mol. The highest BCUT2D eigenvalue weighted by Gasteiger charge is 2.02. The zero-order chi connectivity index (χ0) is 27.5. The van der Waals surface area contributed by atoms with Crippen molar-refractivity contribution >= 4 is 5.69 Å². The quantitative estimate of drug-likeness (QED) is 0.263. The average Bonchev–Trinajstić information content (AvgIpc) is 2.94. The molecule has 0 aliphatic carbocycles. The molecule has 1 nitrogen and oxygen atoms in total. The molecule has 1 heteroatoms. The molecule has 0 bridgehead atoms. The van der Waals surface area contributed by atoms with Gasteiger partial charge < -0.3 is 4.90 Å². The first-order chi connectivity index (χ1) is 17.9. The summed E-state index contributed by atoms with van der Waals surface area (Å²) in [7, 11) is 2.09. The summed E-state index contributed by atoms with van der Waals surface area (Å²) < 4.78 is 0. The van der Waals surface area contributed by atoms with Crippen LogP contribution in [0.15, 0.2) is 161 Å². The summed E-state index contributed by atoms with van der Waals surface area (Å²) in [6.07, 6.45) is 34.3. The number of hydrogen-bond acceptors (Lipinski definition) is 1. The molecular formula is C36H45N. The molecule has 0 saturated carbocycles. The molecule has 1 aromatic rings. The molecule has 0 N–H and O–H groups in total. The minimum atomic E-state index is 1.14. The van der Waals surface area contributed by atoms with Gasteiger partial charge >= 0.3 is 0 Å². The fourth-order valence-electron chi connectivity index (χ4n) is 3.28. The van der Waals surface area contributed by atoms with Crippen LogP contribution in [0.25, 0.3) is 0 Å². The fraction of sp³-hybridized carbons (Fsp3) is 0.222. The average molecular weight is 492 g/mol. The molecule has 0 atom stereocenters. The number of anilines is 1. The highest BCUT2D eigenvalue weighted by molar-refractivity contribution is 5.54. The molecule has 37 heavy (non-hydrogen) atoms. The van der Waals surface area contributed by atoms with E-state index in [-0.39, 0.29) is 0 Å².